The molecule has 4 fully saturated rings. The molecule has 2 bridgehead atoms. The second kappa shape index (κ2) is 8.53. The lowest BCUT2D eigenvalue weighted by Gasteiger charge is -2.70. The van der Waals surface area contributed by atoms with Crippen molar-refractivity contribution >= 4 is 23.7 Å². The Morgan fingerprint density at radius 2 is 1.89 bits per heavy atom. The van der Waals surface area contributed by atoms with Gasteiger partial charge in [-0.15, -0.1) is 0 Å². The van der Waals surface area contributed by atoms with Crippen molar-refractivity contribution in [2.45, 2.75) is 84.2 Å². The highest BCUT2D eigenvalue weighted by Gasteiger charge is 2.74. The average molecular weight is 529 g/mol. The topological polar surface area (TPSA) is 118 Å². The molecule has 5 rings (SSSR count). The van der Waals surface area contributed by atoms with E-state index >= 15 is 0 Å². The third kappa shape index (κ3) is 3.33. The third-order valence-electron chi connectivity index (χ3n) is 10.2. The molecule has 2 saturated carbocycles. The van der Waals surface area contributed by atoms with Gasteiger partial charge in [0.2, 0.25) is 6.10 Å². The van der Waals surface area contributed by atoms with Gasteiger partial charge in [0.25, 0.3) is 0 Å². The standard InChI is InChI=1S/C29H36O9/c1-15-18-8-10-27(5)24(17-9-11-35-14-17)37-21(32)13-29(15,27)38-20-12-19(31)26(3,4)23(28(18,20)6)22(25(33)34-7)36-16(2)30/h9,11,14,18,20,22-24H,1,8,10,12-13H2,2-7H3/t18-,20-,22?,23-,24-,27-,28+,29-/m0/s1. The highest BCUT2D eigenvalue weighted by atomic mass is 16.6. The van der Waals surface area contributed by atoms with Crippen molar-refractivity contribution in [1.82, 2.24) is 0 Å². The Labute approximate surface area is 222 Å². The summed E-state index contributed by atoms with van der Waals surface area (Å²) >= 11 is 0. The molecular weight excluding hydrogens is 492 g/mol. The number of ketones is 1. The summed E-state index contributed by atoms with van der Waals surface area (Å²) in [6.07, 6.45) is 1.93. The van der Waals surface area contributed by atoms with E-state index in [9.17, 15) is 19.2 Å². The molecule has 38 heavy (non-hydrogen) atoms. The van der Waals surface area contributed by atoms with Gasteiger partial charge < -0.3 is 23.4 Å². The van der Waals surface area contributed by atoms with Crippen molar-refractivity contribution in [2.75, 3.05) is 7.11 Å². The van der Waals surface area contributed by atoms with Crippen molar-refractivity contribution < 1.29 is 42.5 Å². The third-order valence-corrected chi connectivity index (χ3v) is 10.2. The second-order valence-electron chi connectivity index (χ2n) is 12.3. The molecule has 0 radical (unpaired) electrons. The van der Waals surface area contributed by atoms with Crippen LogP contribution in [0.1, 0.15) is 72.0 Å². The van der Waals surface area contributed by atoms with Crippen LogP contribution in [-0.4, -0.2) is 48.6 Å². The summed E-state index contributed by atoms with van der Waals surface area (Å²) in [4.78, 5) is 52.0. The molecule has 2 aliphatic heterocycles. The van der Waals surface area contributed by atoms with Crippen molar-refractivity contribution in [3.63, 3.8) is 0 Å². The Bertz CT molecular complexity index is 1200. The number of fused-ring (bicyclic) bond motifs is 3. The number of ether oxygens (including phenoxy) is 4. The Morgan fingerprint density at radius 3 is 2.50 bits per heavy atom. The van der Waals surface area contributed by atoms with Gasteiger partial charge in [-0.3, -0.25) is 14.4 Å². The maximum absolute atomic E-state index is 13.7. The van der Waals surface area contributed by atoms with Gasteiger partial charge >= 0.3 is 17.9 Å². The van der Waals surface area contributed by atoms with Gasteiger partial charge in [0.05, 0.1) is 32.2 Å². The molecule has 2 saturated heterocycles. The minimum absolute atomic E-state index is 0.0214. The van der Waals surface area contributed by atoms with Crippen molar-refractivity contribution in [3.8, 4) is 0 Å². The zero-order chi connectivity index (χ0) is 27.8. The number of hydrogen-bond donors (Lipinski definition) is 0. The van der Waals surface area contributed by atoms with Gasteiger partial charge in [0.1, 0.15) is 17.5 Å². The minimum atomic E-state index is -1.31. The molecule has 1 spiro atoms. The van der Waals surface area contributed by atoms with Gasteiger partial charge in [0.15, 0.2) is 0 Å². The smallest absolute Gasteiger partial charge is 0.347 e. The Hall–Kier alpha value is -2.94. The number of cyclic esters (lactones) is 1. The molecule has 1 unspecified atom stereocenters. The first-order valence-electron chi connectivity index (χ1n) is 13.1. The molecule has 2 aliphatic carbocycles. The summed E-state index contributed by atoms with van der Waals surface area (Å²) in [5.74, 6) is -2.85. The molecular formula is C29H36O9. The van der Waals surface area contributed by atoms with Crippen LogP contribution in [0.4, 0.5) is 0 Å². The van der Waals surface area contributed by atoms with Crippen LogP contribution in [0.5, 0.6) is 0 Å². The lowest BCUT2D eigenvalue weighted by atomic mass is 9.41. The van der Waals surface area contributed by atoms with Crippen LogP contribution < -0.4 is 0 Å². The average Bonchev–Trinajstić information content (AvgIpc) is 3.36. The van der Waals surface area contributed by atoms with E-state index < -0.39 is 64.0 Å². The van der Waals surface area contributed by atoms with Crippen molar-refractivity contribution in [2.24, 2.45) is 28.1 Å². The van der Waals surface area contributed by atoms with Crippen LogP contribution in [0.2, 0.25) is 0 Å². The summed E-state index contributed by atoms with van der Waals surface area (Å²) < 4.78 is 28.8. The lowest BCUT2D eigenvalue weighted by Crippen LogP contribution is -2.74. The molecule has 0 aromatic carbocycles. The minimum Gasteiger partial charge on any atom is -0.472 e. The quantitative estimate of drug-likeness (QED) is 0.323. The maximum Gasteiger partial charge on any atom is 0.347 e. The predicted octanol–water partition coefficient (Wildman–Crippen LogP) is 4.10. The van der Waals surface area contributed by atoms with Crippen LogP contribution in [0.3, 0.4) is 0 Å². The SMILES string of the molecule is C=C1[C@@H]2CC[C@@]3(C)[C@H](c4ccoc4)OC(=O)C[C@]13O[C@H]1CC(=O)C(C)(C)[C@H](C(OC(C)=O)C(=O)OC)[C@@]12C. The highest BCUT2D eigenvalue weighted by Crippen LogP contribution is 2.71. The highest BCUT2D eigenvalue weighted by molar-refractivity contribution is 5.89. The zero-order valence-electron chi connectivity index (χ0n) is 22.8. The molecule has 8 atom stereocenters. The lowest BCUT2D eigenvalue weighted by molar-refractivity contribution is -0.303. The number of carbonyl (C=O) groups is 4. The molecule has 4 aliphatic rings. The second-order valence-corrected chi connectivity index (χ2v) is 12.3. The molecule has 0 amide bonds. The monoisotopic (exact) mass is 528 g/mol. The Kier molecular flexibility index (Phi) is 5.98. The van der Waals surface area contributed by atoms with E-state index in [0.717, 1.165) is 11.1 Å². The Balaban J connectivity index is 1.66. The van der Waals surface area contributed by atoms with Crippen LogP contribution in [-0.2, 0) is 38.1 Å². The summed E-state index contributed by atoms with van der Waals surface area (Å²) in [5, 5.41) is 0. The number of Topliss-reactive ketones (excluding diaryl/α,β-unsaturated/α-hetero) is 1. The molecule has 1 aromatic heterocycles. The first-order chi connectivity index (χ1) is 17.7. The van der Waals surface area contributed by atoms with Gasteiger partial charge in [-0.1, -0.05) is 34.3 Å². The number of methoxy groups -OCH3 is 1. The molecule has 0 N–H and O–H groups in total. The number of furan rings is 1. The van der Waals surface area contributed by atoms with Gasteiger partial charge in [-0.05, 0) is 30.4 Å². The molecule has 3 heterocycles. The maximum atomic E-state index is 13.7. The van der Waals surface area contributed by atoms with E-state index in [1.54, 1.807) is 32.4 Å². The fourth-order valence-electron chi connectivity index (χ4n) is 8.34. The summed E-state index contributed by atoms with van der Waals surface area (Å²) in [6, 6.07) is 1.78. The van der Waals surface area contributed by atoms with Gasteiger partial charge in [-0.25, -0.2) is 4.79 Å². The van der Waals surface area contributed by atoms with E-state index in [4.69, 9.17) is 23.4 Å². The number of esters is 3. The first kappa shape index (κ1) is 26.7. The van der Waals surface area contributed by atoms with Gasteiger partial charge in [-0.2, -0.15) is 0 Å². The summed E-state index contributed by atoms with van der Waals surface area (Å²) in [5.41, 5.74) is -2.10. The van der Waals surface area contributed by atoms with E-state index in [2.05, 4.69) is 6.58 Å². The van der Waals surface area contributed by atoms with E-state index in [-0.39, 0.29) is 24.5 Å². The number of rotatable bonds is 4. The van der Waals surface area contributed by atoms with Crippen LogP contribution >= 0.6 is 0 Å². The first-order valence-corrected chi connectivity index (χ1v) is 13.1. The number of hydrogen-bond acceptors (Lipinski definition) is 9. The van der Waals surface area contributed by atoms with Crippen LogP contribution in [0.25, 0.3) is 0 Å². The normalized spacial score (nSPS) is 40.3. The molecule has 206 valence electrons. The van der Waals surface area contributed by atoms with E-state index in [1.807, 2.05) is 13.8 Å². The van der Waals surface area contributed by atoms with Gasteiger partial charge in [0, 0.05) is 41.1 Å². The zero-order valence-corrected chi connectivity index (χ0v) is 22.8. The van der Waals surface area contributed by atoms with Crippen LogP contribution in [0, 0.1) is 28.1 Å². The molecule has 9 nitrogen and oxygen atoms in total. The van der Waals surface area contributed by atoms with Crippen LogP contribution in [0.15, 0.2) is 35.2 Å². The Morgan fingerprint density at radius 1 is 1.18 bits per heavy atom. The van der Waals surface area contributed by atoms with E-state index in [1.165, 1.54) is 14.0 Å². The van der Waals surface area contributed by atoms with Crippen molar-refractivity contribution in [1.29, 1.82) is 0 Å². The fraction of sp³-hybridized carbons (Fsp3) is 0.655. The predicted molar refractivity (Wildman–Crippen MR) is 132 cm³/mol. The summed E-state index contributed by atoms with van der Waals surface area (Å²) in [7, 11) is 1.23. The fourth-order valence-corrected chi connectivity index (χ4v) is 8.34. The molecule has 9 heteroatoms. The number of carbonyl (C=O) groups excluding carboxylic acids is 4. The largest absolute Gasteiger partial charge is 0.472 e. The van der Waals surface area contributed by atoms with Crippen molar-refractivity contribution in [3.05, 3.63) is 36.3 Å². The summed E-state index contributed by atoms with van der Waals surface area (Å²) in [6.45, 7) is 13.4. The molecule has 1 aromatic rings. The van der Waals surface area contributed by atoms with E-state index in [0.29, 0.717) is 12.8 Å².